The van der Waals surface area contributed by atoms with Crippen LogP contribution < -0.4 is 15.2 Å². The summed E-state index contributed by atoms with van der Waals surface area (Å²) in [6, 6.07) is 26.7. The number of rotatable bonds is 6. The fourth-order valence-electron chi connectivity index (χ4n) is 11.3. The largest absolute Gasteiger partial charge is 0.485 e. The smallest absolute Gasteiger partial charge is 0.149 e. The minimum atomic E-state index is -0.115. The molecule has 7 aliphatic carbocycles. The van der Waals surface area contributed by atoms with E-state index in [0.717, 1.165) is 56.5 Å². The van der Waals surface area contributed by atoms with Crippen molar-refractivity contribution in [1.82, 2.24) is 4.90 Å². The molecule has 2 heterocycles. The minimum absolute atomic E-state index is 0.000354. The third-order valence-corrected chi connectivity index (χ3v) is 14.2. The maximum absolute atomic E-state index is 7.26. The summed E-state index contributed by atoms with van der Waals surface area (Å²) in [4.78, 5) is 2.69. The number of allylic oxidation sites excluding steroid dienone is 15. The molecule has 0 saturated carbocycles. The van der Waals surface area contributed by atoms with Crippen molar-refractivity contribution in [1.29, 1.82) is 0 Å². The molecule has 0 spiro atoms. The van der Waals surface area contributed by atoms with Gasteiger partial charge in [-0.3, -0.25) is 0 Å². The number of nitrogens with zero attached hydrogens (tertiary/aromatic N) is 1. The van der Waals surface area contributed by atoms with Gasteiger partial charge in [-0.25, -0.2) is 0 Å². The van der Waals surface area contributed by atoms with E-state index in [1.165, 1.54) is 78.4 Å². The van der Waals surface area contributed by atoms with Crippen LogP contribution in [-0.2, 0) is 4.74 Å². The fourth-order valence-corrected chi connectivity index (χ4v) is 11.3. The second kappa shape index (κ2) is 14.3. The zero-order valence-corrected chi connectivity index (χ0v) is 33.5. The van der Waals surface area contributed by atoms with E-state index in [1.54, 1.807) is 0 Å². The van der Waals surface area contributed by atoms with E-state index in [0.29, 0.717) is 17.8 Å². The SMILES string of the molecule is C1=CCCC(c2cccc3c2OC2C3=CC=CC2N(C2=CCC(C3=CC4C5=C(OC4C=C3)C(c3ccccc3)=CCC5)C=C2)C2=c3ccccc3=C3C=CCCC3C2)=C1. The van der Waals surface area contributed by atoms with E-state index in [2.05, 4.69) is 169 Å². The lowest BCUT2D eigenvalue weighted by Crippen LogP contribution is -2.48. The van der Waals surface area contributed by atoms with E-state index in [9.17, 15) is 0 Å². The first-order valence-electron chi connectivity index (χ1n) is 22.0. The predicted molar refractivity (Wildman–Crippen MR) is 241 cm³/mol. The highest BCUT2D eigenvalue weighted by Crippen LogP contribution is 2.50. The lowest BCUT2D eigenvalue weighted by molar-refractivity contribution is 0.175. The molecule has 3 heteroatoms. The van der Waals surface area contributed by atoms with Gasteiger partial charge in [-0.1, -0.05) is 152 Å². The first-order chi connectivity index (χ1) is 29.3. The maximum atomic E-state index is 7.26. The molecule has 0 N–H and O–H groups in total. The van der Waals surface area contributed by atoms with Gasteiger partial charge in [0.05, 0.1) is 6.04 Å². The van der Waals surface area contributed by atoms with Crippen LogP contribution in [0.2, 0.25) is 0 Å². The Kier molecular flexibility index (Phi) is 8.49. The van der Waals surface area contributed by atoms with Crippen LogP contribution in [0.5, 0.6) is 5.75 Å². The van der Waals surface area contributed by atoms with Crippen LogP contribution in [0.25, 0.3) is 28.0 Å². The highest BCUT2D eigenvalue weighted by atomic mass is 16.5. The zero-order chi connectivity index (χ0) is 38.9. The van der Waals surface area contributed by atoms with Crippen molar-refractivity contribution in [2.24, 2.45) is 17.8 Å². The van der Waals surface area contributed by atoms with Gasteiger partial charge in [0.25, 0.3) is 0 Å². The number of ether oxygens (including phenoxy) is 2. The third-order valence-electron chi connectivity index (χ3n) is 14.2. The van der Waals surface area contributed by atoms with Gasteiger partial charge in [0.15, 0.2) is 0 Å². The van der Waals surface area contributed by atoms with Gasteiger partial charge >= 0.3 is 0 Å². The molecule has 59 heavy (non-hydrogen) atoms. The molecule has 0 amide bonds. The molecule has 290 valence electrons. The summed E-state index contributed by atoms with van der Waals surface area (Å²) in [7, 11) is 0. The lowest BCUT2D eigenvalue weighted by Gasteiger charge is -2.42. The summed E-state index contributed by atoms with van der Waals surface area (Å²) in [6.45, 7) is 0. The van der Waals surface area contributed by atoms with Crippen molar-refractivity contribution in [3.05, 3.63) is 214 Å². The van der Waals surface area contributed by atoms with Crippen LogP contribution in [-0.4, -0.2) is 23.1 Å². The van der Waals surface area contributed by atoms with Crippen LogP contribution >= 0.6 is 0 Å². The predicted octanol–water partition coefficient (Wildman–Crippen LogP) is 11.2. The molecule has 3 aromatic carbocycles. The van der Waals surface area contributed by atoms with E-state index in [4.69, 9.17) is 9.47 Å². The number of hydrogen-bond donors (Lipinski definition) is 0. The van der Waals surface area contributed by atoms with Gasteiger partial charge in [0, 0.05) is 50.7 Å². The van der Waals surface area contributed by atoms with E-state index >= 15 is 0 Å². The van der Waals surface area contributed by atoms with E-state index in [1.807, 2.05) is 0 Å². The van der Waals surface area contributed by atoms with Gasteiger partial charge in [0.1, 0.15) is 23.7 Å². The molecule has 3 aromatic rings. The first-order valence-corrected chi connectivity index (χ1v) is 22.0. The summed E-state index contributed by atoms with van der Waals surface area (Å²) in [5.74, 6) is 3.26. The molecule has 2 aliphatic heterocycles. The van der Waals surface area contributed by atoms with Crippen LogP contribution in [0.1, 0.15) is 68.1 Å². The van der Waals surface area contributed by atoms with Crippen LogP contribution in [0.4, 0.5) is 0 Å². The second-order valence-electron chi connectivity index (χ2n) is 17.4. The molecule has 9 aliphatic rings. The van der Waals surface area contributed by atoms with Gasteiger partial charge < -0.3 is 14.4 Å². The summed E-state index contributed by atoms with van der Waals surface area (Å²) in [5, 5.41) is 2.74. The monoisotopic (exact) mass is 767 g/mol. The quantitative estimate of drug-likeness (QED) is 0.249. The highest BCUT2D eigenvalue weighted by Gasteiger charge is 2.43. The van der Waals surface area contributed by atoms with Crippen molar-refractivity contribution in [2.45, 2.75) is 69.6 Å². The summed E-state index contributed by atoms with van der Waals surface area (Å²) in [5.41, 5.74) is 14.7. The Morgan fingerprint density at radius 2 is 1.59 bits per heavy atom. The fraction of sp³-hybridized carbons (Fsp3) is 0.250. The Hall–Kier alpha value is -6.06. The highest BCUT2D eigenvalue weighted by molar-refractivity contribution is 5.87. The van der Waals surface area contributed by atoms with E-state index in [-0.39, 0.29) is 18.2 Å². The average molecular weight is 768 g/mol. The zero-order valence-electron chi connectivity index (χ0n) is 33.5. The Balaban J connectivity index is 0.909. The van der Waals surface area contributed by atoms with Crippen molar-refractivity contribution in [3.8, 4) is 5.75 Å². The number of benzene rings is 3. The molecule has 6 unspecified atom stereocenters. The molecule has 3 nitrogen and oxygen atoms in total. The lowest BCUT2D eigenvalue weighted by atomic mass is 9.78. The maximum Gasteiger partial charge on any atom is 0.149 e. The van der Waals surface area contributed by atoms with Crippen molar-refractivity contribution < 1.29 is 9.47 Å². The summed E-state index contributed by atoms with van der Waals surface area (Å²) >= 11 is 0. The number of para-hydroxylation sites is 1. The third kappa shape index (κ3) is 5.84. The van der Waals surface area contributed by atoms with Gasteiger partial charge in [-0.15, -0.1) is 0 Å². The van der Waals surface area contributed by atoms with Crippen molar-refractivity contribution in [3.63, 3.8) is 0 Å². The van der Waals surface area contributed by atoms with Gasteiger partial charge in [-0.2, -0.15) is 0 Å². The van der Waals surface area contributed by atoms with Crippen LogP contribution in [0.15, 0.2) is 187 Å². The molecule has 0 aromatic heterocycles. The topological polar surface area (TPSA) is 21.7 Å². The van der Waals surface area contributed by atoms with Crippen molar-refractivity contribution >= 4 is 28.0 Å². The molecule has 0 fully saturated rings. The molecule has 0 radical (unpaired) electrons. The standard InChI is InChI=1S/C56H49NO2/c1-3-14-37(15-4-1)43-22-12-25-49-50-34-39(30-33-53(50)58-54(43)49)36-28-31-41(32-29-36)57(52-35-40-18-7-8-19-42(40)45-20-9-10-21-46(45)52)51-27-13-26-48-47-24-11-23-44(55(47)59-56(48)51)38-16-5-2-6-17-38/h1-5,8-11,13-16,19-24,26-28,30-34,36,40,50-51,53,56H,6-7,12,17-18,25,29,35H2. The molecule has 0 saturated heterocycles. The van der Waals surface area contributed by atoms with Gasteiger partial charge in [-0.05, 0) is 103 Å². The van der Waals surface area contributed by atoms with Crippen LogP contribution in [0.3, 0.4) is 0 Å². The Morgan fingerprint density at radius 1 is 0.695 bits per heavy atom. The summed E-state index contributed by atoms with van der Waals surface area (Å²) < 4.78 is 14.0. The molecule has 0 bridgehead atoms. The molecular formula is C56H49NO2. The summed E-state index contributed by atoms with van der Waals surface area (Å²) in [6.07, 6.45) is 44.0. The minimum Gasteiger partial charge on any atom is -0.485 e. The van der Waals surface area contributed by atoms with Gasteiger partial charge in [0.2, 0.25) is 0 Å². The number of fused-ring (bicyclic) bond motifs is 7. The Bertz CT molecular complexity index is 2760. The average Bonchev–Trinajstić information content (AvgIpc) is 3.89. The van der Waals surface area contributed by atoms with Crippen molar-refractivity contribution in [2.75, 3.05) is 0 Å². The second-order valence-corrected chi connectivity index (χ2v) is 17.4. The molecule has 12 rings (SSSR count). The molecular weight excluding hydrogens is 719 g/mol. The van der Waals surface area contributed by atoms with Crippen LogP contribution in [0, 0.1) is 17.8 Å². The van der Waals surface area contributed by atoms with E-state index < -0.39 is 0 Å². The molecule has 6 atom stereocenters. The first kappa shape index (κ1) is 34.9. The Labute approximate surface area is 347 Å². The number of hydrogen-bond acceptors (Lipinski definition) is 3. The Morgan fingerprint density at radius 3 is 2.47 bits per heavy atom. The normalized spacial score (nSPS) is 28.1.